The van der Waals surface area contributed by atoms with Gasteiger partial charge >= 0.3 is 5.97 Å². The molecule has 0 N–H and O–H groups in total. The Balaban J connectivity index is 1.67. The number of carbonyl (C=O) groups excluding carboxylic acids is 1. The number of methoxy groups -OCH3 is 1. The number of allylic oxidation sites excluding steroid dienone is 1. The number of fused-ring (bicyclic) bond motifs is 1. The second kappa shape index (κ2) is 10.5. The molecular formula is C28H24N4O6S. The van der Waals surface area contributed by atoms with E-state index in [4.69, 9.17) is 9.47 Å². The molecule has 0 saturated carbocycles. The van der Waals surface area contributed by atoms with E-state index in [1.165, 1.54) is 28.0 Å². The summed E-state index contributed by atoms with van der Waals surface area (Å²) in [5.41, 5.74) is 2.55. The standard InChI is InChI=1S/C28H24N4O6S/c1-4-38-27(34)24-17(2)29-28-31(25(24)18-7-5-9-22(15-18)37-3)26(33)23(39-28)16-21-8-6-14-30(21)19-10-12-20(13-11-19)32(35)36/h5-16,25H,4H2,1-3H3/b23-16-/t25-/m1/s1. The van der Waals surface area contributed by atoms with Gasteiger partial charge < -0.3 is 14.0 Å². The third-order valence-corrected chi connectivity index (χ3v) is 7.31. The summed E-state index contributed by atoms with van der Waals surface area (Å²) in [6, 6.07) is 16.3. The van der Waals surface area contributed by atoms with Crippen LogP contribution in [0.4, 0.5) is 5.69 Å². The normalized spacial score (nSPS) is 15.1. The maximum atomic E-state index is 13.9. The van der Waals surface area contributed by atoms with Gasteiger partial charge in [0, 0.05) is 29.7 Å². The first-order chi connectivity index (χ1) is 18.8. The molecule has 0 aliphatic carbocycles. The van der Waals surface area contributed by atoms with Crippen LogP contribution in [0.3, 0.4) is 0 Å². The van der Waals surface area contributed by atoms with Crippen LogP contribution in [0.25, 0.3) is 11.8 Å². The Labute approximate surface area is 226 Å². The summed E-state index contributed by atoms with van der Waals surface area (Å²) in [5, 5.41) is 11.0. The van der Waals surface area contributed by atoms with E-state index < -0.39 is 16.9 Å². The smallest absolute Gasteiger partial charge is 0.338 e. The Hall–Kier alpha value is -4.77. The fourth-order valence-corrected chi connectivity index (χ4v) is 5.57. The van der Waals surface area contributed by atoms with Crippen molar-refractivity contribution in [1.82, 2.24) is 9.13 Å². The number of nitro benzene ring substituents is 1. The quantitative estimate of drug-likeness (QED) is 0.200. The average molecular weight is 545 g/mol. The van der Waals surface area contributed by atoms with Gasteiger partial charge in [0.1, 0.15) is 5.75 Å². The molecule has 0 bridgehead atoms. The van der Waals surface area contributed by atoms with Crippen LogP contribution in [0.1, 0.15) is 31.1 Å². The molecule has 0 amide bonds. The number of nitrogens with zero attached hydrogens (tertiary/aromatic N) is 4. The lowest BCUT2D eigenvalue weighted by Crippen LogP contribution is -2.40. The lowest BCUT2D eigenvalue weighted by Gasteiger charge is -2.25. The van der Waals surface area contributed by atoms with Gasteiger partial charge in [0.05, 0.1) is 40.5 Å². The summed E-state index contributed by atoms with van der Waals surface area (Å²) in [4.78, 5) is 42.6. The molecule has 11 heteroatoms. The third-order valence-electron chi connectivity index (χ3n) is 6.32. The molecular weight excluding hydrogens is 520 g/mol. The SMILES string of the molecule is CCOC(=O)C1=C(C)N=c2s/c(=C\c3cccn3-c3ccc([N+](=O)[O-])cc3)c(=O)n2[C@@H]1c1cccc(OC)c1. The fraction of sp³-hybridized carbons (Fsp3) is 0.179. The molecule has 0 radical (unpaired) electrons. The Morgan fingerprint density at radius 3 is 2.64 bits per heavy atom. The van der Waals surface area contributed by atoms with Crippen molar-refractivity contribution < 1.29 is 19.2 Å². The number of thiazole rings is 1. The van der Waals surface area contributed by atoms with Gasteiger partial charge in [-0.2, -0.15) is 0 Å². The summed E-state index contributed by atoms with van der Waals surface area (Å²) in [7, 11) is 1.55. The van der Waals surface area contributed by atoms with Crippen LogP contribution in [0.15, 0.2) is 87.9 Å². The van der Waals surface area contributed by atoms with E-state index in [0.717, 1.165) is 0 Å². The van der Waals surface area contributed by atoms with E-state index in [9.17, 15) is 19.7 Å². The summed E-state index contributed by atoms with van der Waals surface area (Å²) in [5.74, 6) is 0.0568. The van der Waals surface area contributed by atoms with Crippen LogP contribution >= 0.6 is 11.3 Å². The molecule has 0 saturated heterocycles. The van der Waals surface area contributed by atoms with E-state index in [0.29, 0.717) is 43.3 Å². The topological polar surface area (TPSA) is 118 Å². The average Bonchev–Trinajstić information content (AvgIpc) is 3.52. The molecule has 5 rings (SSSR count). The van der Waals surface area contributed by atoms with Crippen molar-refractivity contribution >= 4 is 29.1 Å². The highest BCUT2D eigenvalue weighted by Gasteiger charge is 2.33. The van der Waals surface area contributed by atoms with Crippen LogP contribution in [0, 0.1) is 10.1 Å². The molecule has 198 valence electrons. The van der Waals surface area contributed by atoms with Gasteiger partial charge in [-0.25, -0.2) is 9.79 Å². The van der Waals surface area contributed by atoms with Crippen molar-refractivity contribution in [3.8, 4) is 11.4 Å². The van der Waals surface area contributed by atoms with Crippen LogP contribution < -0.4 is 19.6 Å². The molecule has 0 spiro atoms. The lowest BCUT2D eigenvalue weighted by molar-refractivity contribution is -0.384. The molecule has 1 atom stereocenters. The number of hydrogen-bond acceptors (Lipinski definition) is 8. The van der Waals surface area contributed by atoms with E-state index in [1.807, 2.05) is 29.0 Å². The molecule has 10 nitrogen and oxygen atoms in total. The van der Waals surface area contributed by atoms with Crippen molar-refractivity contribution in [3.05, 3.63) is 119 Å². The molecule has 2 aromatic carbocycles. The van der Waals surface area contributed by atoms with E-state index in [-0.39, 0.29) is 17.9 Å². The number of aromatic nitrogens is 2. The van der Waals surface area contributed by atoms with E-state index >= 15 is 0 Å². The van der Waals surface area contributed by atoms with Crippen molar-refractivity contribution in [1.29, 1.82) is 0 Å². The van der Waals surface area contributed by atoms with Crippen LogP contribution in [-0.2, 0) is 9.53 Å². The van der Waals surface area contributed by atoms with Crippen molar-refractivity contribution in [3.63, 3.8) is 0 Å². The zero-order valence-corrected chi connectivity index (χ0v) is 22.2. The Morgan fingerprint density at radius 2 is 1.95 bits per heavy atom. The molecule has 3 heterocycles. The maximum absolute atomic E-state index is 13.9. The van der Waals surface area contributed by atoms with Crippen molar-refractivity contribution in [2.45, 2.75) is 19.9 Å². The highest BCUT2D eigenvalue weighted by atomic mass is 32.1. The summed E-state index contributed by atoms with van der Waals surface area (Å²) < 4.78 is 14.5. The third kappa shape index (κ3) is 4.79. The van der Waals surface area contributed by atoms with Gasteiger partial charge in [0.15, 0.2) is 4.80 Å². The molecule has 1 aliphatic rings. The van der Waals surface area contributed by atoms with Crippen molar-refractivity contribution in [2.75, 3.05) is 13.7 Å². The van der Waals surface area contributed by atoms with E-state index in [1.54, 1.807) is 57.4 Å². The second-order valence-corrected chi connectivity index (χ2v) is 9.66. The first-order valence-corrected chi connectivity index (χ1v) is 12.9. The molecule has 0 unspecified atom stereocenters. The van der Waals surface area contributed by atoms with Gasteiger partial charge in [0.2, 0.25) is 0 Å². The highest BCUT2D eigenvalue weighted by molar-refractivity contribution is 7.07. The first-order valence-electron chi connectivity index (χ1n) is 12.1. The minimum atomic E-state index is -0.751. The molecule has 4 aromatic rings. The zero-order chi connectivity index (χ0) is 27.7. The highest BCUT2D eigenvalue weighted by Crippen LogP contribution is 2.32. The van der Waals surface area contributed by atoms with Crippen molar-refractivity contribution in [2.24, 2.45) is 4.99 Å². The molecule has 0 fully saturated rings. The first kappa shape index (κ1) is 25.9. The Bertz CT molecular complexity index is 1800. The van der Waals surface area contributed by atoms with Gasteiger partial charge in [-0.05, 0) is 61.9 Å². The number of nitro groups is 1. The number of rotatable bonds is 7. The van der Waals surface area contributed by atoms with E-state index in [2.05, 4.69) is 4.99 Å². The maximum Gasteiger partial charge on any atom is 0.338 e. The number of hydrogen-bond donors (Lipinski definition) is 0. The Morgan fingerprint density at radius 1 is 1.18 bits per heavy atom. The largest absolute Gasteiger partial charge is 0.497 e. The molecule has 2 aromatic heterocycles. The number of carbonyl (C=O) groups is 1. The number of non-ortho nitro benzene ring substituents is 1. The molecule has 1 aliphatic heterocycles. The minimum absolute atomic E-state index is 0.00826. The second-order valence-electron chi connectivity index (χ2n) is 8.66. The zero-order valence-electron chi connectivity index (χ0n) is 21.4. The Kier molecular flexibility index (Phi) is 6.99. The number of esters is 1. The van der Waals surface area contributed by atoms with Crippen LogP contribution in [-0.4, -0.2) is 33.7 Å². The van der Waals surface area contributed by atoms with Gasteiger partial charge in [0.25, 0.3) is 11.2 Å². The predicted molar refractivity (Wildman–Crippen MR) is 146 cm³/mol. The monoisotopic (exact) mass is 544 g/mol. The summed E-state index contributed by atoms with van der Waals surface area (Å²) in [6.45, 7) is 3.64. The lowest BCUT2D eigenvalue weighted by atomic mass is 9.95. The number of ether oxygens (including phenoxy) is 2. The summed E-state index contributed by atoms with van der Waals surface area (Å²) in [6.07, 6.45) is 3.56. The summed E-state index contributed by atoms with van der Waals surface area (Å²) >= 11 is 1.22. The molecule has 39 heavy (non-hydrogen) atoms. The van der Waals surface area contributed by atoms with Crippen LogP contribution in [0.5, 0.6) is 5.75 Å². The fourth-order valence-electron chi connectivity index (χ4n) is 4.53. The minimum Gasteiger partial charge on any atom is -0.497 e. The predicted octanol–water partition coefficient (Wildman–Crippen LogP) is 3.51. The number of benzene rings is 2. The van der Waals surface area contributed by atoms with Gasteiger partial charge in [-0.3, -0.25) is 19.5 Å². The van der Waals surface area contributed by atoms with Gasteiger partial charge in [-0.15, -0.1) is 0 Å². The van der Waals surface area contributed by atoms with Gasteiger partial charge in [-0.1, -0.05) is 23.5 Å². The van der Waals surface area contributed by atoms with Crippen LogP contribution in [0.2, 0.25) is 0 Å².